The predicted octanol–water partition coefficient (Wildman–Crippen LogP) is 0.243. The number of rotatable bonds is 0. The number of hydrazone groups is 1. The van der Waals surface area contributed by atoms with Crippen molar-refractivity contribution in [2.24, 2.45) is 10.9 Å². The van der Waals surface area contributed by atoms with Gasteiger partial charge in [-0.2, -0.15) is 17.7 Å². The smallest absolute Gasteiger partial charge is 0.402 e. The highest BCUT2D eigenvalue weighted by Gasteiger charge is 2.42. The van der Waals surface area contributed by atoms with Crippen LogP contribution >= 0.6 is 11.9 Å². The van der Waals surface area contributed by atoms with Crippen LogP contribution in [-0.4, -0.2) is 28.3 Å². The quantitative estimate of drug-likeness (QED) is 0.356. The monoisotopic (exact) mass is 215 g/mol. The molecule has 0 saturated carbocycles. The standard InChI is InChI=1S/C4H4F3N3O2S/c5-4(6,7)3(11)12-2-1-13-10(8)9-2/h1,8H2. The van der Waals surface area contributed by atoms with E-state index in [1.54, 1.807) is 0 Å². The third-order valence-corrected chi connectivity index (χ3v) is 1.69. The molecule has 0 aromatic rings. The van der Waals surface area contributed by atoms with Crippen LogP contribution in [0.1, 0.15) is 0 Å². The molecule has 74 valence electrons. The Morgan fingerprint density at radius 2 is 2.31 bits per heavy atom. The predicted molar refractivity (Wildman–Crippen MR) is 38.1 cm³/mol. The Kier molecular flexibility index (Phi) is 2.66. The number of carbonyl (C=O) groups is 1. The summed E-state index contributed by atoms with van der Waals surface area (Å²) < 4.78 is 39.6. The summed E-state index contributed by atoms with van der Waals surface area (Å²) >= 11 is 0.921. The molecule has 0 fully saturated rings. The van der Waals surface area contributed by atoms with Crippen LogP contribution in [0.25, 0.3) is 0 Å². The molecule has 9 heteroatoms. The van der Waals surface area contributed by atoms with Gasteiger partial charge in [0.2, 0.25) is 5.90 Å². The number of nitrogens with two attached hydrogens (primary N) is 1. The summed E-state index contributed by atoms with van der Waals surface area (Å²) in [5.41, 5.74) is 0. The number of hydrogen-bond donors (Lipinski definition) is 1. The summed E-state index contributed by atoms with van der Waals surface area (Å²) in [7, 11) is 0. The topological polar surface area (TPSA) is 67.9 Å². The average molecular weight is 215 g/mol. The molecule has 0 unspecified atom stereocenters. The van der Waals surface area contributed by atoms with Gasteiger partial charge in [0.25, 0.3) is 0 Å². The third-order valence-electron chi connectivity index (χ3n) is 0.972. The van der Waals surface area contributed by atoms with Gasteiger partial charge in [0.1, 0.15) is 0 Å². The van der Waals surface area contributed by atoms with Crippen molar-refractivity contribution in [3.63, 3.8) is 0 Å². The van der Waals surface area contributed by atoms with Gasteiger partial charge in [-0.25, -0.2) is 10.6 Å². The zero-order chi connectivity index (χ0) is 10.1. The number of nitrogens with zero attached hydrogens (tertiary/aromatic N) is 2. The van der Waals surface area contributed by atoms with Crippen LogP contribution in [-0.2, 0) is 9.53 Å². The van der Waals surface area contributed by atoms with Gasteiger partial charge in [-0.05, 0) is 11.9 Å². The van der Waals surface area contributed by atoms with Crippen molar-refractivity contribution in [3.8, 4) is 0 Å². The molecule has 5 nitrogen and oxygen atoms in total. The number of ether oxygens (including phenoxy) is 1. The number of hydrogen-bond acceptors (Lipinski definition) is 6. The molecule has 0 amide bonds. The van der Waals surface area contributed by atoms with E-state index in [9.17, 15) is 18.0 Å². The summed E-state index contributed by atoms with van der Waals surface area (Å²) in [4.78, 5) is 10.2. The lowest BCUT2D eigenvalue weighted by atomic mass is 10.6. The first-order valence-electron chi connectivity index (χ1n) is 2.94. The van der Waals surface area contributed by atoms with Crippen molar-refractivity contribution < 1.29 is 22.7 Å². The van der Waals surface area contributed by atoms with Gasteiger partial charge in [-0.1, -0.05) is 0 Å². The van der Waals surface area contributed by atoms with Crippen molar-refractivity contribution in [2.75, 3.05) is 5.75 Å². The lowest BCUT2D eigenvalue weighted by Gasteiger charge is -2.04. The van der Waals surface area contributed by atoms with Gasteiger partial charge in [0.05, 0.1) is 5.75 Å². The minimum atomic E-state index is -5.00. The van der Waals surface area contributed by atoms with Crippen LogP contribution in [0.3, 0.4) is 0 Å². The first kappa shape index (κ1) is 10.1. The van der Waals surface area contributed by atoms with Crippen LogP contribution in [0, 0.1) is 0 Å². The fourth-order valence-electron chi connectivity index (χ4n) is 0.504. The van der Waals surface area contributed by atoms with E-state index in [1.807, 2.05) is 0 Å². The first-order valence-corrected chi connectivity index (χ1v) is 3.88. The summed E-state index contributed by atoms with van der Waals surface area (Å²) in [5, 5.41) is 3.29. The molecular formula is C4H4F3N3O2S. The Balaban J connectivity index is 2.51. The van der Waals surface area contributed by atoms with Crippen LogP contribution in [0.15, 0.2) is 5.10 Å². The van der Waals surface area contributed by atoms with Gasteiger partial charge in [-0.3, -0.25) is 0 Å². The number of halogens is 3. The molecule has 0 radical (unpaired) electrons. The third kappa shape index (κ3) is 2.77. The summed E-state index contributed by atoms with van der Waals surface area (Å²) in [5.74, 6) is 2.42. The highest BCUT2D eigenvalue weighted by molar-refractivity contribution is 7.97. The molecule has 0 aliphatic carbocycles. The number of hydrazine groups is 1. The maximum Gasteiger partial charge on any atom is 0.491 e. The molecule has 1 aliphatic rings. The fourth-order valence-corrected chi connectivity index (χ4v) is 1.01. The normalized spacial score (nSPS) is 17.2. The van der Waals surface area contributed by atoms with E-state index in [0.717, 1.165) is 16.5 Å². The first-order chi connectivity index (χ1) is 5.89. The zero-order valence-electron chi connectivity index (χ0n) is 6.04. The van der Waals surface area contributed by atoms with E-state index in [2.05, 4.69) is 9.84 Å². The lowest BCUT2D eigenvalue weighted by molar-refractivity contribution is -0.191. The van der Waals surface area contributed by atoms with Crippen LogP contribution in [0.2, 0.25) is 0 Å². The minimum Gasteiger partial charge on any atom is -0.402 e. The molecule has 1 heterocycles. The summed E-state index contributed by atoms with van der Waals surface area (Å²) in [6.07, 6.45) is -5.00. The molecule has 0 atom stereocenters. The van der Waals surface area contributed by atoms with Crippen molar-refractivity contribution in [1.82, 2.24) is 4.52 Å². The summed E-state index contributed by atoms with van der Waals surface area (Å²) in [6.45, 7) is 0. The minimum absolute atomic E-state index is 0.0122. The number of esters is 1. The Morgan fingerprint density at radius 1 is 1.69 bits per heavy atom. The molecule has 1 aliphatic heterocycles. The van der Waals surface area contributed by atoms with Gasteiger partial charge in [-0.15, -0.1) is 5.10 Å². The Labute approximate surface area is 74.8 Å². The molecule has 2 N–H and O–H groups in total. The zero-order valence-corrected chi connectivity index (χ0v) is 6.85. The highest BCUT2D eigenvalue weighted by atomic mass is 32.2. The van der Waals surface area contributed by atoms with Crippen molar-refractivity contribution in [2.45, 2.75) is 6.18 Å². The maximum atomic E-state index is 11.6. The van der Waals surface area contributed by atoms with Gasteiger partial charge >= 0.3 is 12.1 Å². The van der Waals surface area contributed by atoms with E-state index in [-0.39, 0.29) is 11.7 Å². The molecule has 0 aromatic heterocycles. The Bertz CT molecular complexity index is 254. The number of carbonyl (C=O) groups excluding carboxylic acids is 1. The SMILES string of the molecule is NN1N=C(OC(=O)C(F)(F)F)CS1. The Hall–Kier alpha value is -0.960. The second kappa shape index (κ2) is 3.42. The van der Waals surface area contributed by atoms with Gasteiger partial charge < -0.3 is 4.74 Å². The second-order valence-corrected chi connectivity index (χ2v) is 2.88. The van der Waals surface area contributed by atoms with Crippen molar-refractivity contribution in [1.29, 1.82) is 0 Å². The Morgan fingerprint density at radius 3 is 2.69 bits per heavy atom. The van der Waals surface area contributed by atoms with Crippen LogP contribution in [0.5, 0.6) is 0 Å². The van der Waals surface area contributed by atoms with Crippen molar-refractivity contribution >= 4 is 23.8 Å². The van der Waals surface area contributed by atoms with Gasteiger partial charge in [0.15, 0.2) is 0 Å². The lowest BCUT2D eigenvalue weighted by Crippen LogP contribution is -2.28. The van der Waals surface area contributed by atoms with E-state index < -0.39 is 12.1 Å². The molecule has 0 saturated heterocycles. The van der Waals surface area contributed by atoms with Crippen LogP contribution < -0.4 is 5.84 Å². The fraction of sp³-hybridized carbons (Fsp3) is 0.500. The van der Waals surface area contributed by atoms with E-state index in [0.29, 0.717) is 0 Å². The molecule has 13 heavy (non-hydrogen) atoms. The van der Waals surface area contributed by atoms with Crippen LogP contribution in [0.4, 0.5) is 13.2 Å². The van der Waals surface area contributed by atoms with Crippen molar-refractivity contribution in [3.05, 3.63) is 0 Å². The van der Waals surface area contributed by atoms with E-state index in [4.69, 9.17) is 5.84 Å². The average Bonchev–Trinajstić information content (AvgIpc) is 2.33. The molecule has 0 bridgehead atoms. The number of alkyl halides is 3. The van der Waals surface area contributed by atoms with E-state index >= 15 is 0 Å². The molecule has 0 aromatic carbocycles. The van der Waals surface area contributed by atoms with Gasteiger partial charge in [0, 0.05) is 0 Å². The maximum absolute atomic E-state index is 11.6. The molecule has 1 rings (SSSR count). The van der Waals surface area contributed by atoms with E-state index in [1.165, 1.54) is 0 Å². The highest BCUT2D eigenvalue weighted by Crippen LogP contribution is 2.19. The summed E-state index contributed by atoms with van der Waals surface area (Å²) in [6, 6.07) is 0. The second-order valence-electron chi connectivity index (χ2n) is 1.96. The molecular weight excluding hydrogens is 211 g/mol. The molecule has 0 spiro atoms. The largest absolute Gasteiger partial charge is 0.491 e.